The zero-order chi connectivity index (χ0) is 19.1. The molecule has 0 radical (unpaired) electrons. The fourth-order valence-electron chi connectivity index (χ4n) is 3.71. The molecule has 0 atom stereocenters. The number of thiocarbonyl (C=S) groups is 1. The summed E-state index contributed by atoms with van der Waals surface area (Å²) in [6.07, 6.45) is 5.94. The largest absolute Gasteiger partial charge is 0.363 e. The Balaban J connectivity index is 1.98. The van der Waals surface area contributed by atoms with Crippen molar-refractivity contribution in [1.82, 2.24) is 4.90 Å². The maximum Gasteiger partial charge on any atom is 0.266 e. The van der Waals surface area contributed by atoms with Crippen molar-refractivity contribution in [3.8, 4) is 0 Å². The minimum absolute atomic E-state index is 0.000458. The van der Waals surface area contributed by atoms with Crippen LogP contribution in [-0.4, -0.2) is 33.8 Å². The zero-order valence-electron chi connectivity index (χ0n) is 15.7. The number of hydrogen-bond donors (Lipinski definition) is 0. The van der Waals surface area contributed by atoms with Crippen LogP contribution in [0.5, 0.6) is 0 Å². The lowest BCUT2D eigenvalue weighted by Crippen LogP contribution is -2.44. The molecule has 136 valence electrons. The first-order chi connectivity index (χ1) is 12.3. The molecule has 3 nitrogen and oxygen atoms in total. The average Bonchev–Trinajstić information content (AvgIpc) is 2.83. The first-order valence-electron chi connectivity index (χ1n) is 8.76. The predicted molar refractivity (Wildman–Crippen MR) is 117 cm³/mol. The molecule has 0 spiro atoms. The number of anilines is 1. The molecule has 5 heteroatoms. The van der Waals surface area contributed by atoms with Gasteiger partial charge in [-0.2, -0.15) is 0 Å². The van der Waals surface area contributed by atoms with Crippen molar-refractivity contribution in [2.45, 2.75) is 33.2 Å². The van der Waals surface area contributed by atoms with E-state index in [9.17, 15) is 4.79 Å². The molecule has 1 aromatic carbocycles. The van der Waals surface area contributed by atoms with Gasteiger partial charge in [-0.25, -0.2) is 0 Å². The van der Waals surface area contributed by atoms with Crippen LogP contribution in [0.15, 0.2) is 41.8 Å². The number of carbonyl (C=O) groups excluding carboxylic acids is 1. The first kappa shape index (κ1) is 18.9. The lowest BCUT2D eigenvalue weighted by molar-refractivity contribution is -0.121. The number of carbonyl (C=O) groups is 1. The summed E-state index contributed by atoms with van der Waals surface area (Å²) in [6.45, 7) is 13.9. The molecule has 2 heterocycles. The van der Waals surface area contributed by atoms with Crippen LogP contribution in [0.25, 0.3) is 11.6 Å². The normalized spacial score (nSPS) is 20.5. The molecule has 1 saturated heterocycles. The molecule has 1 fully saturated rings. The van der Waals surface area contributed by atoms with E-state index in [1.54, 1.807) is 11.0 Å². The third kappa shape index (κ3) is 3.26. The number of rotatable bonds is 4. The number of allylic oxidation sites excluding steroid dienone is 1. The van der Waals surface area contributed by atoms with Crippen LogP contribution in [0, 0.1) is 0 Å². The van der Waals surface area contributed by atoms with Crippen LogP contribution in [0.4, 0.5) is 5.69 Å². The molecule has 0 aliphatic carbocycles. The monoisotopic (exact) mass is 384 g/mol. The van der Waals surface area contributed by atoms with Crippen molar-refractivity contribution < 1.29 is 4.79 Å². The average molecular weight is 385 g/mol. The van der Waals surface area contributed by atoms with Crippen molar-refractivity contribution in [3.63, 3.8) is 0 Å². The lowest BCUT2D eigenvalue weighted by Gasteiger charge is -2.42. The maximum atomic E-state index is 12.5. The van der Waals surface area contributed by atoms with Gasteiger partial charge in [0.15, 0.2) is 0 Å². The third-order valence-electron chi connectivity index (χ3n) is 4.80. The van der Waals surface area contributed by atoms with Crippen LogP contribution in [0.2, 0.25) is 0 Å². The summed E-state index contributed by atoms with van der Waals surface area (Å²) >= 11 is 6.67. The quantitative estimate of drug-likeness (QED) is 0.410. The second-order valence-corrected chi connectivity index (χ2v) is 8.76. The van der Waals surface area contributed by atoms with E-state index in [1.165, 1.54) is 28.6 Å². The van der Waals surface area contributed by atoms with E-state index in [4.69, 9.17) is 12.2 Å². The van der Waals surface area contributed by atoms with Crippen molar-refractivity contribution >= 4 is 51.5 Å². The van der Waals surface area contributed by atoms with Gasteiger partial charge in [-0.3, -0.25) is 9.69 Å². The SMILES string of the molecule is C=CCN1C(=O)/C(=C\c2ccc3c(c2)C(C)=CC(C)(C)N3CC)SC1=S. The molecule has 1 amide bonds. The van der Waals surface area contributed by atoms with Crippen molar-refractivity contribution in [3.05, 3.63) is 53.0 Å². The number of likely N-dealkylation sites (N-methyl/N-ethyl adjacent to an activating group) is 1. The highest BCUT2D eigenvalue weighted by Crippen LogP contribution is 2.40. The molecule has 0 bridgehead atoms. The Morgan fingerprint density at radius 1 is 1.35 bits per heavy atom. The molecule has 0 N–H and O–H groups in total. The van der Waals surface area contributed by atoms with Crippen molar-refractivity contribution in [2.75, 3.05) is 18.0 Å². The smallest absolute Gasteiger partial charge is 0.266 e. The summed E-state index contributed by atoms with van der Waals surface area (Å²) < 4.78 is 0.592. The summed E-state index contributed by atoms with van der Waals surface area (Å²) in [5.74, 6) is -0.0406. The second kappa shape index (κ2) is 7.05. The van der Waals surface area contributed by atoms with Gasteiger partial charge in [-0.15, -0.1) is 6.58 Å². The summed E-state index contributed by atoms with van der Waals surface area (Å²) in [7, 11) is 0. The number of fused-ring (bicyclic) bond motifs is 1. The van der Waals surface area contributed by atoms with Gasteiger partial charge in [0.25, 0.3) is 5.91 Å². The van der Waals surface area contributed by atoms with E-state index in [2.05, 4.69) is 63.4 Å². The Morgan fingerprint density at radius 3 is 2.73 bits per heavy atom. The van der Waals surface area contributed by atoms with E-state index in [-0.39, 0.29) is 11.4 Å². The number of benzene rings is 1. The molecular weight excluding hydrogens is 360 g/mol. The summed E-state index contributed by atoms with van der Waals surface area (Å²) in [6, 6.07) is 6.41. The maximum absolute atomic E-state index is 12.5. The molecule has 2 aliphatic heterocycles. The van der Waals surface area contributed by atoms with Crippen LogP contribution >= 0.6 is 24.0 Å². The van der Waals surface area contributed by atoms with E-state index in [0.29, 0.717) is 15.8 Å². The van der Waals surface area contributed by atoms with Crippen molar-refractivity contribution in [1.29, 1.82) is 0 Å². The van der Waals surface area contributed by atoms with Crippen molar-refractivity contribution in [2.24, 2.45) is 0 Å². The fraction of sp³-hybridized carbons (Fsp3) is 0.333. The minimum atomic E-state index is -0.0406. The molecular formula is C21H24N2OS2. The predicted octanol–water partition coefficient (Wildman–Crippen LogP) is 5.10. The molecule has 26 heavy (non-hydrogen) atoms. The Bertz CT molecular complexity index is 852. The highest BCUT2D eigenvalue weighted by Gasteiger charge is 2.32. The summed E-state index contributed by atoms with van der Waals surface area (Å²) in [5.41, 5.74) is 4.76. The fourth-order valence-corrected chi connectivity index (χ4v) is 4.98. The molecule has 2 aliphatic rings. The number of thioether (sulfide) groups is 1. The first-order valence-corrected chi connectivity index (χ1v) is 9.98. The number of amides is 1. The summed E-state index contributed by atoms with van der Waals surface area (Å²) in [5, 5.41) is 0. The Labute approximate surface area is 165 Å². The van der Waals surface area contributed by atoms with Gasteiger partial charge in [0.2, 0.25) is 0 Å². The van der Waals surface area contributed by atoms with E-state index in [1.807, 2.05) is 6.08 Å². The Morgan fingerprint density at radius 2 is 2.08 bits per heavy atom. The second-order valence-electron chi connectivity index (χ2n) is 7.08. The highest BCUT2D eigenvalue weighted by atomic mass is 32.2. The van der Waals surface area contributed by atoms with Gasteiger partial charge < -0.3 is 4.90 Å². The Hall–Kier alpha value is -1.85. The van der Waals surface area contributed by atoms with Gasteiger partial charge >= 0.3 is 0 Å². The van der Waals surface area contributed by atoms with Crippen LogP contribution in [0.3, 0.4) is 0 Å². The molecule has 0 unspecified atom stereocenters. The molecule has 1 aromatic rings. The zero-order valence-corrected chi connectivity index (χ0v) is 17.3. The topological polar surface area (TPSA) is 23.6 Å². The summed E-state index contributed by atoms with van der Waals surface area (Å²) in [4.78, 5) is 17.2. The van der Waals surface area contributed by atoms with Gasteiger partial charge in [-0.1, -0.05) is 42.2 Å². The Kier molecular flexibility index (Phi) is 5.13. The highest BCUT2D eigenvalue weighted by molar-refractivity contribution is 8.26. The molecule has 0 saturated carbocycles. The molecule has 3 rings (SSSR count). The van der Waals surface area contributed by atoms with E-state index < -0.39 is 0 Å². The number of hydrogen-bond acceptors (Lipinski definition) is 4. The minimum Gasteiger partial charge on any atom is -0.363 e. The lowest BCUT2D eigenvalue weighted by atomic mass is 9.88. The van der Waals surface area contributed by atoms with Crippen LogP contribution in [0.1, 0.15) is 38.8 Å². The molecule has 0 aromatic heterocycles. The van der Waals surface area contributed by atoms with E-state index in [0.717, 1.165) is 12.1 Å². The van der Waals surface area contributed by atoms with Gasteiger partial charge in [0, 0.05) is 24.3 Å². The van der Waals surface area contributed by atoms with E-state index >= 15 is 0 Å². The number of nitrogens with zero attached hydrogens (tertiary/aromatic N) is 2. The third-order valence-corrected chi connectivity index (χ3v) is 6.18. The van der Waals surface area contributed by atoms with Gasteiger partial charge in [0.05, 0.1) is 10.4 Å². The van der Waals surface area contributed by atoms with Gasteiger partial charge in [-0.05, 0) is 57.0 Å². The van der Waals surface area contributed by atoms with Crippen LogP contribution < -0.4 is 4.90 Å². The standard InChI is InChI=1S/C21H24N2OS2/c1-6-10-22-19(24)18(26-20(22)25)12-15-8-9-17-16(11-15)14(3)13-21(4,5)23(17)7-2/h6,8-9,11-13H,1,7,10H2,2-5H3/b18-12+. The van der Waals surface area contributed by atoms with Crippen LogP contribution in [-0.2, 0) is 4.79 Å². The van der Waals surface area contributed by atoms with Gasteiger partial charge in [0.1, 0.15) is 4.32 Å².